The number of benzene rings is 1. The molecule has 0 aromatic heterocycles. The second kappa shape index (κ2) is 4.50. The van der Waals surface area contributed by atoms with Crippen LogP contribution >= 0.6 is 12.6 Å². The topological polar surface area (TPSA) is 0 Å². The Morgan fingerprint density at radius 3 is 2.62 bits per heavy atom. The van der Waals surface area contributed by atoms with Crippen molar-refractivity contribution in [1.29, 1.82) is 0 Å². The smallest absolute Gasteiger partial charge is 0.00505 e. The summed E-state index contributed by atoms with van der Waals surface area (Å²) in [7, 11) is 0. The summed E-state index contributed by atoms with van der Waals surface area (Å²) in [6.45, 7) is 6.62. The molecule has 1 aromatic rings. The molecule has 0 nitrogen and oxygen atoms in total. The van der Waals surface area contributed by atoms with Gasteiger partial charge in [-0.05, 0) is 33.6 Å². The van der Waals surface area contributed by atoms with Crippen LogP contribution in [0.1, 0.15) is 43.4 Å². The fourth-order valence-corrected chi connectivity index (χ4v) is 2.09. The Morgan fingerprint density at radius 1 is 1.19 bits per heavy atom. The van der Waals surface area contributed by atoms with Crippen LogP contribution in [0.25, 0.3) is 12.2 Å². The van der Waals surface area contributed by atoms with E-state index in [2.05, 4.69) is 69.8 Å². The van der Waals surface area contributed by atoms with Gasteiger partial charge in [-0.3, -0.25) is 0 Å². The maximum absolute atomic E-state index is 4.53. The molecule has 0 amide bonds. The van der Waals surface area contributed by atoms with Crippen LogP contribution in [0.15, 0.2) is 29.2 Å². The van der Waals surface area contributed by atoms with E-state index in [0.717, 1.165) is 4.91 Å². The predicted molar refractivity (Wildman–Crippen MR) is 75.7 cm³/mol. The molecule has 1 atom stereocenters. The summed E-state index contributed by atoms with van der Waals surface area (Å²) in [5.74, 6) is 0.997. The van der Waals surface area contributed by atoms with Gasteiger partial charge in [-0.1, -0.05) is 51.1 Å². The minimum absolute atomic E-state index is 0.415. The fraction of sp³-hybridized carbons (Fsp3) is 0.333. The van der Waals surface area contributed by atoms with E-state index in [1.165, 1.54) is 16.7 Å². The van der Waals surface area contributed by atoms with E-state index in [4.69, 9.17) is 0 Å². The zero-order chi connectivity index (χ0) is 11.7. The second-order valence-electron chi connectivity index (χ2n) is 4.76. The van der Waals surface area contributed by atoms with Gasteiger partial charge in [-0.15, -0.1) is 12.6 Å². The van der Waals surface area contributed by atoms with Gasteiger partial charge in [0.1, 0.15) is 0 Å². The molecule has 1 aliphatic carbocycles. The fourth-order valence-electron chi connectivity index (χ4n) is 1.87. The summed E-state index contributed by atoms with van der Waals surface area (Å²) < 4.78 is 0. The molecule has 0 spiro atoms. The van der Waals surface area contributed by atoms with Crippen molar-refractivity contribution < 1.29 is 0 Å². The summed E-state index contributed by atoms with van der Waals surface area (Å²) in [5, 5.41) is 0. The molecular weight excluding hydrogens is 212 g/mol. The molecule has 1 aliphatic rings. The molecule has 2 rings (SSSR count). The first kappa shape index (κ1) is 11.5. The van der Waals surface area contributed by atoms with Crippen molar-refractivity contribution in [2.45, 2.75) is 26.7 Å². The monoisotopic (exact) mass is 230 g/mol. The van der Waals surface area contributed by atoms with Crippen LogP contribution in [-0.4, -0.2) is 0 Å². The summed E-state index contributed by atoms with van der Waals surface area (Å²) >= 11 is 4.53. The Labute approximate surface area is 103 Å². The van der Waals surface area contributed by atoms with E-state index in [0.29, 0.717) is 11.8 Å². The van der Waals surface area contributed by atoms with Crippen LogP contribution in [0.2, 0.25) is 0 Å². The van der Waals surface area contributed by atoms with Crippen LogP contribution < -0.4 is 0 Å². The largest absolute Gasteiger partial charge is 0.147 e. The molecule has 0 saturated carbocycles. The Balaban J connectivity index is 2.50. The zero-order valence-electron chi connectivity index (χ0n) is 10.1. The highest BCUT2D eigenvalue weighted by Gasteiger charge is 2.09. The summed E-state index contributed by atoms with van der Waals surface area (Å²) in [6, 6.07) is 6.69. The van der Waals surface area contributed by atoms with Gasteiger partial charge in [0.15, 0.2) is 0 Å². The van der Waals surface area contributed by atoms with Crippen molar-refractivity contribution in [3.8, 4) is 0 Å². The van der Waals surface area contributed by atoms with Crippen molar-refractivity contribution in [3.63, 3.8) is 0 Å². The maximum atomic E-state index is 4.53. The van der Waals surface area contributed by atoms with Gasteiger partial charge < -0.3 is 0 Å². The number of fused-ring (bicyclic) bond motifs is 1. The van der Waals surface area contributed by atoms with E-state index < -0.39 is 0 Å². The number of hydrogen-bond donors (Lipinski definition) is 1. The summed E-state index contributed by atoms with van der Waals surface area (Å²) in [5.41, 5.74) is 3.98. The molecule has 0 heterocycles. The van der Waals surface area contributed by atoms with Gasteiger partial charge in [0.25, 0.3) is 0 Å². The molecule has 1 unspecified atom stereocenters. The first-order valence-electron chi connectivity index (χ1n) is 5.80. The van der Waals surface area contributed by atoms with Crippen LogP contribution in [0.4, 0.5) is 0 Å². The molecule has 1 heteroatoms. The van der Waals surface area contributed by atoms with E-state index in [1.807, 2.05) is 0 Å². The minimum atomic E-state index is 0.415. The lowest BCUT2D eigenvalue weighted by Gasteiger charge is -2.08. The van der Waals surface area contributed by atoms with Crippen LogP contribution in [0.5, 0.6) is 0 Å². The Bertz CT molecular complexity index is 453. The Morgan fingerprint density at radius 2 is 1.94 bits per heavy atom. The molecule has 0 N–H and O–H groups in total. The van der Waals surface area contributed by atoms with Crippen molar-refractivity contribution in [1.82, 2.24) is 0 Å². The lowest BCUT2D eigenvalue weighted by Crippen LogP contribution is -1.89. The van der Waals surface area contributed by atoms with Crippen molar-refractivity contribution in [2.24, 2.45) is 5.92 Å². The Hall–Kier alpha value is -0.950. The molecule has 84 valence electrons. The number of allylic oxidation sites excluding steroid dienone is 2. The SMILES string of the molecule is CC1C=Cc2cc(C(C)C)ccc2C=C1S. The average molecular weight is 230 g/mol. The molecule has 0 aliphatic heterocycles. The van der Waals surface area contributed by atoms with Gasteiger partial charge >= 0.3 is 0 Å². The lowest BCUT2D eigenvalue weighted by atomic mass is 9.97. The van der Waals surface area contributed by atoms with E-state index >= 15 is 0 Å². The quantitative estimate of drug-likeness (QED) is 0.662. The van der Waals surface area contributed by atoms with Gasteiger partial charge in [0.05, 0.1) is 0 Å². The van der Waals surface area contributed by atoms with Crippen molar-refractivity contribution >= 4 is 24.8 Å². The van der Waals surface area contributed by atoms with E-state index in [9.17, 15) is 0 Å². The van der Waals surface area contributed by atoms with Gasteiger partial charge in [-0.2, -0.15) is 0 Å². The maximum Gasteiger partial charge on any atom is 0.00505 e. The van der Waals surface area contributed by atoms with Crippen molar-refractivity contribution in [3.05, 3.63) is 45.9 Å². The highest BCUT2D eigenvalue weighted by Crippen LogP contribution is 2.28. The molecule has 0 saturated heterocycles. The standard InChI is InChI=1S/C15H18S/c1-10(2)12-6-7-14-9-15(16)11(3)4-5-13(14)8-12/h4-11,16H,1-3H3. The molecule has 1 aromatic carbocycles. The molecule has 16 heavy (non-hydrogen) atoms. The minimum Gasteiger partial charge on any atom is -0.147 e. The third-order valence-corrected chi connectivity index (χ3v) is 3.65. The normalized spacial score (nSPS) is 19.3. The first-order chi connectivity index (χ1) is 7.58. The number of hydrogen-bond acceptors (Lipinski definition) is 1. The average Bonchev–Trinajstić information content (AvgIpc) is 2.39. The van der Waals surface area contributed by atoms with Crippen LogP contribution in [0, 0.1) is 5.92 Å². The summed E-state index contributed by atoms with van der Waals surface area (Å²) in [6.07, 6.45) is 6.60. The number of thiol groups is 1. The lowest BCUT2D eigenvalue weighted by molar-refractivity contribution is 0.866. The number of rotatable bonds is 1. The highest BCUT2D eigenvalue weighted by atomic mass is 32.1. The molecule has 0 fully saturated rings. The van der Waals surface area contributed by atoms with Gasteiger partial charge in [0.2, 0.25) is 0 Å². The van der Waals surface area contributed by atoms with Crippen LogP contribution in [-0.2, 0) is 0 Å². The van der Waals surface area contributed by atoms with Gasteiger partial charge in [0, 0.05) is 5.92 Å². The van der Waals surface area contributed by atoms with Gasteiger partial charge in [-0.25, -0.2) is 0 Å². The zero-order valence-corrected chi connectivity index (χ0v) is 11.0. The third-order valence-electron chi connectivity index (χ3n) is 3.11. The van der Waals surface area contributed by atoms with Crippen molar-refractivity contribution in [2.75, 3.05) is 0 Å². The highest BCUT2D eigenvalue weighted by molar-refractivity contribution is 7.84. The van der Waals surface area contributed by atoms with E-state index in [-0.39, 0.29) is 0 Å². The van der Waals surface area contributed by atoms with E-state index in [1.54, 1.807) is 0 Å². The second-order valence-corrected chi connectivity index (χ2v) is 5.28. The molecule has 0 radical (unpaired) electrons. The predicted octanol–water partition coefficient (Wildman–Crippen LogP) is 4.74. The molecular formula is C15H18S. The first-order valence-corrected chi connectivity index (χ1v) is 6.25. The Kier molecular flexibility index (Phi) is 3.25. The summed E-state index contributed by atoms with van der Waals surface area (Å²) in [4.78, 5) is 1.13. The van der Waals surface area contributed by atoms with Crippen LogP contribution in [0.3, 0.4) is 0 Å². The third kappa shape index (κ3) is 2.25. The molecule has 0 bridgehead atoms.